The molecule has 1 aliphatic rings. The van der Waals surface area contributed by atoms with Crippen molar-refractivity contribution in [2.75, 3.05) is 25.6 Å². The van der Waals surface area contributed by atoms with Crippen LogP contribution in [0, 0.1) is 12.8 Å². The Hall–Kier alpha value is -1.03. The molecule has 1 aromatic rings. The van der Waals surface area contributed by atoms with E-state index >= 15 is 0 Å². The molecule has 0 saturated heterocycles. The van der Waals surface area contributed by atoms with Crippen LogP contribution in [-0.2, 0) is 4.74 Å². The third-order valence-electron chi connectivity index (χ3n) is 3.09. The van der Waals surface area contributed by atoms with E-state index in [-0.39, 0.29) is 0 Å². The number of hydrogen-bond acceptors (Lipinski definition) is 3. The topological polar surface area (TPSA) is 39.1 Å². The van der Waals surface area contributed by atoms with Gasteiger partial charge in [0.1, 0.15) is 0 Å². The van der Waals surface area contributed by atoms with Gasteiger partial charge < -0.3 is 14.6 Å². The zero-order valence-corrected chi connectivity index (χ0v) is 10.4. The Labute approximate surface area is 97.0 Å². The Morgan fingerprint density at radius 3 is 3.00 bits per heavy atom. The number of anilines is 1. The molecule has 1 fully saturated rings. The maximum atomic E-state index is 5.02. The van der Waals surface area contributed by atoms with E-state index in [0.29, 0.717) is 6.04 Å². The maximum absolute atomic E-state index is 5.02. The van der Waals surface area contributed by atoms with Gasteiger partial charge in [-0.1, -0.05) is 6.92 Å². The van der Waals surface area contributed by atoms with Crippen molar-refractivity contribution < 1.29 is 4.74 Å². The Kier molecular flexibility index (Phi) is 3.49. The molecule has 0 aliphatic heterocycles. The maximum Gasteiger partial charge on any atom is 0.203 e. The fraction of sp³-hybridized carbons (Fsp3) is 0.750. The van der Waals surface area contributed by atoms with E-state index in [4.69, 9.17) is 4.74 Å². The van der Waals surface area contributed by atoms with Gasteiger partial charge in [0.15, 0.2) is 0 Å². The summed E-state index contributed by atoms with van der Waals surface area (Å²) in [5.41, 5.74) is 1.09. The number of nitrogens with zero attached hydrogens (tertiary/aromatic N) is 2. The molecule has 2 unspecified atom stereocenters. The average molecular weight is 223 g/mol. The highest BCUT2D eigenvalue weighted by Gasteiger charge is 2.35. The van der Waals surface area contributed by atoms with Crippen LogP contribution in [0.5, 0.6) is 0 Å². The molecule has 0 bridgehead atoms. The van der Waals surface area contributed by atoms with Crippen molar-refractivity contribution in [1.29, 1.82) is 0 Å². The smallest absolute Gasteiger partial charge is 0.203 e. The van der Waals surface area contributed by atoms with E-state index in [1.165, 1.54) is 6.42 Å². The van der Waals surface area contributed by atoms with Crippen LogP contribution in [-0.4, -0.2) is 29.8 Å². The first kappa shape index (κ1) is 11.5. The van der Waals surface area contributed by atoms with Gasteiger partial charge in [0.05, 0.1) is 5.69 Å². The Morgan fingerprint density at radius 2 is 2.38 bits per heavy atom. The van der Waals surface area contributed by atoms with Crippen LogP contribution in [0.3, 0.4) is 0 Å². The average Bonchev–Trinajstić information content (AvgIpc) is 2.85. The Balaban J connectivity index is 1.92. The zero-order chi connectivity index (χ0) is 11.5. The Morgan fingerprint density at radius 1 is 1.62 bits per heavy atom. The van der Waals surface area contributed by atoms with E-state index in [9.17, 15) is 0 Å². The number of rotatable bonds is 6. The summed E-state index contributed by atoms with van der Waals surface area (Å²) < 4.78 is 7.31. The minimum Gasteiger partial charge on any atom is -0.385 e. The van der Waals surface area contributed by atoms with Crippen molar-refractivity contribution in [2.24, 2.45) is 5.92 Å². The van der Waals surface area contributed by atoms with E-state index < -0.39 is 0 Å². The zero-order valence-electron chi connectivity index (χ0n) is 10.4. The number of ether oxygens (including phenoxy) is 1. The molecular weight excluding hydrogens is 202 g/mol. The summed E-state index contributed by atoms with van der Waals surface area (Å²) in [5.74, 6) is 1.82. The van der Waals surface area contributed by atoms with Gasteiger partial charge in [-0.15, -0.1) is 0 Å². The van der Waals surface area contributed by atoms with Crippen molar-refractivity contribution in [3.63, 3.8) is 0 Å². The van der Waals surface area contributed by atoms with Gasteiger partial charge in [-0.05, 0) is 25.7 Å². The molecule has 2 rings (SSSR count). The standard InChI is InChI=1S/C12H21N3O/c1-9-7-11(9)15-8-10(2)14-12(15)13-5-4-6-16-3/h8-9,11H,4-7H2,1-3H3,(H,13,14). The first-order valence-electron chi connectivity index (χ1n) is 6.00. The molecule has 1 aliphatic carbocycles. The Bertz CT molecular complexity index is 348. The highest BCUT2D eigenvalue weighted by Crippen LogP contribution is 2.44. The van der Waals surface area contributed by atoms with Crippen LogP contribution >= 0.6 is 0 Å². The second-order valence-corrected chi connectivity index (χ2v) is 4.67. The third-order valence-corrected chi connectivity index (χ3v) is 3.09. The SMILES string of the molecule is COCCCNc1nc(C)cn1C1CC1C. The summed E-state index contributed by atoms with van der Waals surface area (Å²) in [6.07, 6.45) is 4.44. The molecule has 2 atom stereocenters. The van der Waals surface area contributed by atoms with Crippen LogP contribution in [0.2, 0.25) is 0 Å². The van der Waals surface area contributed by atoms with Crippen molar-refractivity contribution >= 4 is 5.95 Å². The van der Waals surface area contributed by atoms with Crippen molar-refractivity contribution in [1.82, 2.24) is 9.55 Å². The summed E-state index contributed by atoms with van der Waals surface area (Å²) in [4.78, 5) is 4.52. The van der Waals surface area contributed by atoms with Gasteiger partial charge in [0.2, 0.25) is 5.95 Å². The van der Waals surface area contributed by atoms with Gasteiger partial charge >= 0.3 is 0 Å². The first-order chi connectivity index (χ1) is 7.72. The molecule has 16 heavy (non-hydrogen) atoms. The second-order valence-electron chi connectivity index (χ2n) is 4.67. The molecule has 90 valence electrons. The molecule has 1 N–H and O–H groups in total. The largest absolute Gasteiger partial charge is 0.385 e. The number of aromatic nitrogens is 2. The highest BCUT2D eigenvalue weighted by atomic mass is 16.5. The number of aryl methyl sites for hydroxylation is 1. The van der Waals surface area contributed by atoms with Gasteiger partial charge in [0.25, 0.3) is 0 Å². The van der Waals surface area contributed by atoms with Crippen LogP contribution < -0.4 is 5.32 Å². The van der Waals surface area contributed by atoms with Crippen LogP contribution in [0.25, 0.3) is 0 Å². The normalized spacial score (nSPS) is 23.4. The van der Waals surface area contributed by atoms with E-state index in [0.717, 1.165) is 37.1 Å². The molecule has 0 spiro atoms. The number of nitrogens with one attached hydrogen (secondary N) is 1. The van der Waals surface area contributed by atoms with Crippen LogP contribution in [0.4, 0.5) is 5.95 Å². The second kappa shape index (κ2) is 4.87. The minimum absolute atomic E-state index is 0.658. The van der Waals surface area contributed by atoms with Gasteiger partial charge in [-0.25, -0.2) is 4.98 Å². The molecule has 4 heteroatoms. The molecule has 0 aromatic carbocycles. The number of methoxy groups -OCH3 is 1. The van der Waals surface area contributed by atoms with Crippen LogP contribution in [0.15, 0.2) is 6.20 Å². The fourth-order valence-corrected chi connectivity index (χ4v) is 2.01. The number of imidazole rings is 1. The lowest BCUT2D eigenvalue weighted by molar-refractivity contribution is 0.197. The molecule has 0 amide bonds. The fourth-order valence-electron chi connectivity index (χ4n) is 2.01. The van der Waals surface area contributed by atoms with E-state index in [1.807, 2.05) is 6.92 Å². The van der Waals surface area contributed by atoms with E-state index in [2.05, 4.69) is 28.0 Å². The number of hydrogen-bond donors (Lipinski definition) is 1. The molecule has 1 saturated carbocycles. The molecule has 4 nitrogen and oxygen atoms in total. The van der Waals surface area contributed by atoms with Gasteiger partial charge in [-0.3, -0.25) is 0 Å². The summed E-state index contributed by atoms with van der Waals surface area (Å²) in [5, 5.41) is 3.38. The van der Waals surface area contributed by atoms with E-state index in [1.54, 1.807) is 7.11 Å². The highest BCUT2D eigenvalue weighted by molar-refractivity contribution is 5.30. The van der Waals surface area contributed by atoms with Gasteiger partial charge in [-0.2, -0.15) is 0 Å². The monoisotopic (exact) mass is 223 g/mol. The molecule has 1 heterocycles. The van der Waals surface area contributed by atoms with Crippen molar-refractivity contribution in [3.8, 4) is 0 Å². The molecule has 1 aromatic heterocycles. The lowest BCUT2D eigenvalue weighted by atomic mass is 10.4. The molecular formula is C12H21N3O. The summed E-state index contributed by atoms with van der Waals surface area (Å²) in [6.45, 7) is 6.05. The lowest BCUT2D eigenvalue weighted by Crippen LogP contribution is -2.09. The van der Waals surface area contributed by atoms with Crippen molar-refractivity contribution in [3.05, 3.63) is 11.9 Å². The molecule has 0 radical (unpaired) electrons. The van der Waals surface area contributed by atoms with Crippen LogP contribution in [0.1, 0.15) is 31.5 Å². The van der Waals surface area contributed by atoms with Gasteiger partial charge in [0, 0.05) is 32.5 Å². The lowest BCUT2D eigenvalue weighted by Gasteiger charge is -2.08. The van der Waals surface area contributed by atoms with Crippen molar-refractivity contribution in [2.45, 2.75) is 32.7 Å². The summed E-state index contributed by atoms with van der Waals surface area (Å²) >= 11 is 0. The minimum atomic E-state index is 0.658. The quantitative estimate of drug-likeness (QED) is 0.752. The third kappa shape index (κ3) is 2.55. The summed E-state index contributed by atoms with van der Waals surface area (Å²) in [6, 6.07) is 0.658. The summed E-state index contributed by atoms with van der Waals surface area (Å²) in [7, 11) is 1.73. The first-order valence-corrected chi connectivity index (χ1v) is 6.00. The predicted molar refractivity (Wildman–Crippen MR) is 64.8 cm³/mol. The predicted octanol–water partition coefficient (Wildman–Crippen LogP) is 2.22.